The summed E-state index contributed by atoms with van der Waals surface area (Å²) in [5, 5.41) is 2.81. The number of carbonyl (C=O) groups is 1. The number of likely N-dealkylation sites (N-methyl/N-ethyl adjacent to an activating group) is 1. The minimum Gasteiger partial charge on any atom is -0.494 e. The minimum atomic E-state index is -0.911. The van der Waals surface area contributed by atoms with Crippen molar-refractivity contribution < 1.29 is 23.0 Å². The lowest BCUT2D eigenvalue weighted by molar-refractivity contribution is 0.0978. The highest BCUT2D eigenvalue weighted by Gasteiger charge is 2.25. The lowest BCUT2D eigenvalue weighted by Gasteiger charge is -2.15. The molecule has 0 saturated carbocycles. The molecule has 1 aliphatic heterocycles. The second-order valence-electron chi connectivity index (χ2n) is 7.94. The zero-order valence-corrected chi connectivity index (χ0v) is 19.9. The molecule has 1 aliphatic rings. The van der Waals surface area contributed by atoms with Crippen LogP contribution in [0.5, 0.6) is 11.5 Å². The number of aromatic nitrogens is 2. The van der Waals surface area contributed by atoms with Crippen molar-refractivity contribution >= 4 is 22.8 Å². The molecule has 0 aliphatic carbocycles. The van der Waals surface area contributed by atoms with E-state index in [9.17, 15) is 4.79 Å². The van der Waals surface area contributed by atoms with Crippen LogP contribution in [0.25, 0.3) is 22.2 Å². The summed E-state index contributed by atoms with van der Waals surface area (Å²) in [6.07, 6.45) is 5.27. The first-order valence-corrected chi connectivity index (χ1v) is 11.0. The number of amides is 1. The standard InChI is InChI=1S/C25H25F2N5O3/c1-5-32(2)13-14-6-9-19(30-14)31-25(33)16-8-7-15(23-24(16)29-11-10-28-23)20-21(26)17(34-3)12-18(35-4)22(20)27/h6-8,10-12H,5,9,13H2,1-4H3,(H,30,31,33). The van der Waals surface area contributed by atoms with Crippen LogP contribution in [-0.2, 0) is 0 Å². The lowest BCUT2D eigenvalue weighted by Crippen LogP contribution is -2.29. The number of fused-ring (bicyclic) bond motifs is 1. The Kier molecular flexibility index (Phi) is 7.02. The summed E-state index contributed by atoms with van der Waals surface area (Å²) in [5.41, 5.74) is 1.16. The van der Waals surface area contributed by atoms with Crippen molar-refractivity contribution in [2.45, 2.75) is 13.3 Å². The first kappa shape index (κ1) is 24.2. The van der Waals surface area contributed by atoms with E-state index >= 15 is 8.78 Å². The topological polar surface area (TPSA) is 88.9 Å². The van der Waals surface area contributed by atoms with Crippen molar-refractivity contribution in [1.82, 2.24) is 20.2 Å². The fourth-order valence-corrected chi connectivity index (χ4v) is 3.81. The number of rotatable bonds is 7. The molecule has 0 fully saturated rings. The van der Waals surface area contributed by atoms with Gasteiger partial charge in [0.05, 0.1) is 36.6 Å². The summed E-state index contributed by atoms with van der Waals surface area (Å²) in [7, 11) is 4.54. The smallest absolute Gasteiger partial charge is 0.258 e. The number of nitrogens with zero attached hydrogens (tertiary/aromatic N) is 4. The van der Waals surface area contributed by atoms with Gasteiger partial charge in [-0.15, -0.1) is 0 Å². The number of hydrogen-bond acceptors (Lipinski definition) is 7. The Hall–Kier alpha value is -3.92. The van der Waals surface area contributed by atoms with Crippen LogP contribution < -0.4 is 14.8 Å². The molecule has 0 unspecified atom stereocenters. The molecule has 10 heteroatoms. The quantitative estimate of drug-likeness (QED) is 0.550. The Morgan fingerprint density at radius 3 is 2.37 bits per heavy atom. The number of ether oxygens (including phenoxy) is 2. The molecule has 0 spiro atoms. The second kappa shape index (κ2) is 10.1. The van der Waals surface area contributed by atoms with Crippen LogP contribution in [0.2, 0.25) is 0 Å². The van der Waals surface area contributed by atoms with Gasteiger partial charge in [0.25, 0.3) is 5.91 Å². The molecular weight excluding hydrogens is 456 g/mol. The van der Waals surface area contributed by atoms with Crippen molar-refractivity contribution in [3.05, 3.63) is 59.6 Å². The number of nitrogens with one attached hydrogen (secondary N) is 1. The average molecular weight is 482 g/mol. The monoisotopic (exact) mass is 481 g/mol. The molecule has 4 rings (SSSR count). The maximum absolute atomic E-state index is 15.2. The highest BCUT2D eigenvalue weighted by molar-refractivity contribution is 6.14. The zero-order chi connectivity index (χ0) is 25.1. The molecule has 0 radical (unpaired) electrons. The fourth-order valence-electron chi connectivity index (χ4n) is 3.81. The van der Waals surface area contributed by atoms with Crippen molar-refractivity contribution in [3.63, 3.8) is 0 Å². The molecule has 2 heterocycles. The molecule has 35 heavy (non-hydrogen) atoms. The predicted molar refractivity (Wildman–Crippen MR) is 129 cm³/mol. The summed E-state index contributed by atoms with van der Waals surface area (Å²) in [6, 6.07) is 4.02. The third kappa shape index (κ3) is 4.69. The van der Waals surface area contributed by atoms with E-state index in [0.717, 1.165) is 18.3 Å². The van der Waals surface area contributed by atoms with Gasteiger partial charge >= 0.3 is 0 Å². The molecule has 0 atom stereocenters. The lowest BCUT2D eigenvalue weighted by atomic mass is 9.98. The number of amidine groups is 1. The summed E-state index contributed by atoms with van der Waals surface area (Å²) in [5.74, 6) is -2.12. The number of carbonyl (C=O) groups excluding carboxylic acids is 1. The highest BCUT2D eigenvalue weighted by atomic mass is 19.1. The molecule has 0 saturated heterocycles. The van der Waals surface area contributed by atoms with Gasteiger partial charge in [-0.05, 0) is 19.7 Å². The van der Waals surface area contributed by atoms with E-state index in [4.69, 9.17) is 9.47 Å². The van der Waals surface area contributed by atoms with Crippen molar-refractivity contribution in [3.8, 4) is 22.6 Å². The van der Waals surface area contributed by atoms with Crippen LogP contribution in [0.3, 0.4) is 0 Å². The largest absolute Gasteiger partial charge is 0.494 e. The van der Waals surface area contributed by atoms with Gasteiger partial charge in [0.15, 0.2) is 23.1 Å². The first-order chi connectivity index (χ1) is 16.9. The van der Waals surface area contributed by atoms with E-state index in [0.29, 0.717) is 18.8 Å². The Labute approximate surface area is 201 Å². The zero-order valence-electron chi connectivity index (χ0n) is 19.9. The second-order valence-corrected chi connectivity index (χ2v) is 7.94. The van der Waals surface area contributed by atoms with Crippen LogP contribution in [0, 0.1) is 11.6 Å². The van der Waals surface area contributed by atoms with Gasteiger partial charge in [-0.3, -0.25) is 14.8 Å². The fraction of sp³-hybridized carbons (Fsp3) is 0.280. The van der Waals surface area contributed by atoms with Crippen LogP contribution in [-0.4, -0.2) is 61.0 Å². The van der Waals surface area contributed by atoms with Gasteiger partial charge in [-0.1, -0.05) is 19.1 Å². The van der Waals surface area contributed by atoms with Crippen molar-refractivity contribution in [2.24, 2.45) is 4.99 Å². The van der Waals surface area contributed by atoms with E-state index in [1.165, 1.54) is 38.7 Å². The highest BCUT2D eigenvalue weighted by Crippen LogP contribution is 2.40. The summed E-state index contributed by atoms with van der Waals surface area (Å²) >= 11 is 0. The van der Waals surface area contributed by atoms with Crippen molar-refractivity contribution in [1.29, 1.82) is 0 Å². The maximum Gasteiger partial charge on any atom is 0.258 e. The predicted octanol–water partition coefficient (Wildman–Crippen LogP) is 3.96. The normalized spacial score (nSPS) is 13.1. The number of aliphatic imine (C=N–C) groups is 1. The van der Waals surface area contributed by atoms with Gasteiger partial charge in [-0.25, -0.2) is 13.8 Å². The van der Waals surface area contributed by atoms with Crippen LogP contribution in [0.15, 0.2) is 47.4 Å². The van der Waals surface area contributed by atoms with E-state index in [2.05, 4.69) is 32.1 Å². The average Bonchev–Trinajstić information content (AvgIpc) is 3.30. The minimum absolute atomic E-state index is 0.113. The Balaban J connectivity index is 1.73. The summed E-state index contributed by atoms with van der Waals surface area (Å²) < 4.78 is 40.4. The number of benzene rings is 2. The van der Waals surface area contributed by atoms with E-state index < -0.39 is 17.5 Å². The maximum atomic E-state index is 15.2. The van der Waals surface area contributed by atoms with E-state index in [1.807, 2.05) is 13.1 Å². The van der Waals surface area contributed by atoms with Crippen LogP contribution >= 0.6 is 0 Å². The molecule has 0 bridgehead atoms. The summed E-state index contributed by atoms with van der Waals surface area (Å²) in [4.78, 5) is 28.3. The van der Waals surface area contributed by atoms with Crippen LogP contribution in [0.1, 0.15) is 23.7 Å². The molecule has 1 aromatic heterocycles. The Morgan fingerprint density at radius 2 is 1.74 bits per heavy atom. The van der Waals surface area contributed by atoms with Gasteiger partial charge < -0.3 is 19.7 Å². The molecule has 1 N–H and O–H groups in total. The molecule has 2 aromatic carbocycles. The van der Waals surface area contributed by atoms with Gasteiger partial charge in [0, 0.05) is 37.0 Å². The molecular formula is C25H25F2N5O3. The molecule has 182 valence electrons. The Bertz CT molecular complexity index is 1330. The summed E-state index contributed by atoms with van der Waals surface area (Å²) in [6.45, 7) is 3.61. The number of halogens is 2. The Morgan fingerprint density at radius 1 is 1.09 bits per heavy atom. The first-order valence-electron chi connectivity index (χ1n) is 11.0. The van der Waals surface area contributed by atoms with E-state index in [-0.39, 0.29) is 39.2 Å². The molecule has 3 aromatic rings. The third-order valence-corrected chi connectivity index (χ3v) is 5.75. The van der Waals surface area contributed by atoms with Crippen molar-refractivity contribution in [2.75, 3.05) is 34.4 Å². The molecule has 8 nitrogen and oxygen atoms in total. The van der Waals surface area contributed by atoms with Gasteiger partial charge in [0.2, 0.25) is 0 Å². The number of methoxy groups -OCH3 is 2. The third-order valence-electron chi connectivity index (χ3n) is 5.75. The SMILES string of the molecule is CCN(C)CC1=CCC(NC(=O)c2ccc(-c3c(F)c(OC)cc(OC)c3F)c3nccnc23)=N1. The number of hydrogen-bond donors (Lipinski definition) is 1. The van der Waals surface area contributed by atoms with E-state index in [1.54, 1.807) is 0 Å². The van der Waals surface area contributed by atoms with Crippen LogP contribution in [0.4, 0.5) is 8.78 Å². The van der Waals surface area contributed by atoms with Gasteiger partial charge in [0.1, 0.15) is 11.4 Å². The molecule has 1 amide bonds. The van der Waals surface area contributed by atoms with Gasteiger partial charge in [-0.2, -0.15) is 0 Å².